The highest BCUT2D eigenvalue weighted by Gasteiger charge is 2.65. The molecule has 0 amide bonds. The number of esters is 1. The van der Waals surface area contributed by atoms with Crippen molar-refractivity contribution in [2.45, 2.75) is 109 Å². The maximum Gasteiger partial charge on any atom is 0.312 e. The van der Waals surface area contributed by atoms with E-state index in [1.54, 1.807) is 0 Å². The van der Waals surface area contributed by atoms with Gasteiger partial charge in [-0.1, -0.05) is 81.6 Å². The summed E-state index contributed by atoms with van der Waals surface area (Å²) in [5.74, 6) is 0.230. The molecule has 3 nitrogen and oxygen atoms in total. The van der Waals surface area contributed by atoms with Crippen LogP contribution < -0.4 is 0 Å². The van der Waals surface area contributed by atoms with Gasteiger partial charge in [-0.15, -0.1) is 0 Å². The standard InChI is InChI=1S/C25H47NO2/c1-13-15-16-19(14-2)17-28-20(27)25(12,23(8,9)21(3,4)5)24(10,11)22(6,7)18-26/h19H,13-17H2,1-12H3. The Bertz CT molecular complexity index is 560. The van der Waals surface area contributed by atoms with Crippen LogP contribution in [-0.4, -0.2) is 12.6 Å². The minimum Gasteiger partial charge on any atom is -0.465 e. The summed E-state index contributed by atoms with van der Waals surface area (Å²) in [6, 6.07) is 2.46. The van der Waals surface area contributed by atoms with E-state index in [9.17, 15) is 10.1 Å². The van der Waals surface area contributed by atoms with Gasteiger partial charge in [-0.25, -0.2) is 0 Å². The fourth-order valence-electron chi connectivity index (χ4n) is 4.04. The SMILES string of the molecule is CCCCC(CC)COC(=O)C(C)(C(C)(C)C(C)(C)C)C(C)(C)C(C)(C)C#N. The number of carbonyl (C=O) groups is 1. The molecule has 0 aromatic heterocycles. The number of hydrogen-bond acceptors (Lipinski definition) is 3. The molecule has 0 rings (SSSR count). The Hall–Kier alpha value is -1.04. The zero-order valence-corrected chi connectivity index (χ0v) is 20.9. The second-order valence-corrected chi connectivity index (χ2v) is 11.4. The molecule has 0 aromatic carbocycles. The molecular formula is C25H47NO2. The molecule has 0 fully saturated rings. The summed E-state index contributed by atoms with van der Waals surface area (Å²) in [6.45, 7) is 25.6. The second-order valence-electron chi connectivity index (χ2n) is 11.4. The van der Waals surface area contributed by atoms with Crippen molar-refractivity contribution in [2.24, 2.45) is 33.0 Å². The number of nitrogens with zero attached hydrogens (tertiary/aromatic N) is 1. The summed E-state index contributed by atoms with van der Waals surface area (Å²) in [6.07, 6.45) is 4.42. The topological polar surface area (TPSA) is 50.1 Å². The molecule has 2 unspecified atom stereocenters. The molecule has 0 bridgehead atoms. The Morgan fingerprint density at radius 1 is 0.929 bits per heavy atom. The molecule has 3 heteroatoms. The van der Waals surface area contributed by atoms with Crippen LogP contribution in [0.2, 0.25) is 0 Å². The number of hydrogen-bond donors (Lipinski definition) is 0. The van der Waals surface area contributed by atoms with Crippen molar-refractivity contribution in [1.29, 1.82) is 5.26 Å². The number of unbranched alkanes of at least 4 members (excludes halogenated alkanes) is 1. The minimum absolute atomic E-state index is 0.143. The smallest absolute Gasteiger partial charge is 0.312 e. The molecule has 164 valence electrons. The molecule has 0 N–H and O–H groups in total. The molecule has 2 atom stereocenters. The van der Waals surface area contributed by atoms with Crippen LogP contribution in [0.15, 0.2) is 0 Å². The minimum atomic E-state index is -0.833. The first-order valence-corrected chi connectivity index (χ1v) is 11.1. The van der Waals surface area contributed by atoms with E-state index >= 15 is 0 Å². The quantitative estimate of drug-likeness (QED) is 0.363. The van der Waals surface area contributed by atoms with Gasteiger partial charge < -0.3 is 4.74 Å². The molecule has 0 aromatic rings. The molecule has 0 aliphatic rings. The summed E-state index contributed by atoms with van der Waals surface area (Å²) >= 11 is 0. The summed E-state index contributed by atoms with van der Waals surface area (Å²) < 4.78 is 6.02. The van der Waals surface area contributed by atoms with Gasteiger partial charge in [0.1, 0.15) is 0 Å². The Kier molecular flexibility index (Phi) is 8.84. The number of nitriles is 1. The van der Waals surface area contributed by atoms with Crippen LogP contribution in [0.3, 0.4) is 0 Å². The van der Waals surface area contributed by atoms with E-state index in [4.69, 9.17) is 4.74 Å². The first-order valence-electron chi connectivity index (χ1n) is 11.1. The third-order valence-corrected chi connectivity index (χ3v) is 8.62. The molecule has 0 spiro atoms. The first kappa shape index (κ1) is 27.0. The average Bonchev–Trinajstić information content (AvgIpc) is 2.59. The van der Waals surface area contributed by atoms with Gasteiger partial charge in [-0.05, 0) is 49.4 Å². The lowest BCUT2D eigenvalue weighted by atomic mass is 9.42. The van der Waals surface area contributed by atoms with Crippen molar-refractivity contribution in [3.05, 3.63) is 0 Å². The first-order chi connectivity index (χ1) is 12.5. The van der Waals surface area contributed by atoms with E-state index in [1.165, 1.54) is 0 Å². The van der Waals surface area contributed by atoms with E-state index in [2.05, 4.69) is 68.4 Å². The molecule has 0 heterocycles. The van der Waals surface area contributed by atoms with Crippen molar-refractivity contribution in [2.75, 3.05) is 6.61 Å². The summed E-state index contributed by atoms with van der Waals surface area (Å²) in [5, 5.41) is 9.89. The van der Waals surface area contributed by atoms with Crippen LogP contribution in [0.5, 0.6) is 0 Å². The molecule has 0 saturated carbocycles. The van der Waals surface area contributed by atoms with Crippen molar-refractivity contribution < 1.29 is 9.53 Å². The summed E-state index contributed by atoms with van der Waals surface area (Å²) in [4.78, 5) is 13.7. The van der Waals surface area contributed by atoms with Crippen LogP contribution >= 0.6 is 0 Å². The fraction of sp³-hybridized carbons (Fsp3) is 0.920. The van der Waals surface area contributed by atoms with Crippen molar-refractivity contribution in [3.8, 4) is 6.07 Å². The molecule has 0 radical (unpaired) electrons. The third-order valence-electron chi connectivity index (χ3n) is 8.62. The number of rotatable bonds is 10. The normalized spacial score (nSPS) is 16.8. The molecular weight excluding hydrogens is 346 g/mol. The highest BCUT2D eigenvalue weighted by molar-refractivity contribution is 5.79. The Balaban J connectivity index is 6.16. The molecule has 0 aliphatic carbocycles. The highest BCUT2D eigenvalue weighted by atomic mass is 16.5. The number of ether oxygens (including phenoxy) is 1. The van der Waals surface area contributed by atoms with E-state index in [1.807, 2.05) is 20.8 Å². The maximum absolute atomic E-state index is 13.7. The second kappa shape index (κ2) is 9.19. The molecule has 0 aliphatic heterocycles. The Morgan fingerprint density at radius 3 is 1.79 bits per heavy atom. The molecule has 0 saturated heterocycles. The zero-order valence-electron chi connectivity index (χ0n) is 20.9. The van der Waals surface area contributed by atoms with Gasteiger partial charge in [-0.3, -0.25) is 4.79 Å². The predicted octanol–water partition coefficient (Wildman–Crippen LogP) is 7.40. The zero-order chi connectivity index (χ0) is 22.6. The Labute approximate surface area is 175 Å². The van der Waals surface area contributed by atoms with Crippen LogP contribution in [0.1, 0.15) is 109 Å². The monoisotopic (exact) mass is 393 g/mol. The maximum atomic E-state index is 13.7. The van der Waals surface area contributed by atoms with E-state index in [0.29, 0.717) is 12.5 Å². The van der Waals surface area contributed by atoms with Crippen molar-refractivity contribution in [1.82, 2.24) is 0 Å². The van der Waals surface area contributed by atoms with Gasteiger partial charge in [0.2, 0.25) is 0 Å². The lowest BCUT2D eigenvalue weighted by Gasteiger charge is -2.60. The van der Waals surface area contributed by atoms with Gasteiger partial charge in [0, 0.05) is 0 Å². The summed E-state index contributed by atoms with van der Waals surface area (Å²) in [7, 11) is 0. The van der Waals surface area contributed by atoms with Crippen LogP contribution in [0, 0.1) is 44.3 Å². The van der Waals surface area contributed by atoms with Crippen molar-refractivity contribution >= 4 is 5.97 Å². The number of carbonyl (C=O) groups excluding carboxylic acids is 1. The van der Waals surface area contributed by atoms with Crippen LogP contribution in [0.4, 0.5) is 0 Å². The lowest BCUT2D eigenvalue weighted by molar-refractivity contribution is -0.196. The lowest BCUT2D eigenvalue weighted by Crippen LogP contribution is -2.61. The fourth-order valence-corrected chi connectivity index (χ4v) is 4.04. The van der Waals surface area contributed by atoms with Gasteiger partial charge >= 0.3 is 5.97 Å². The largest absolute Gasteiger partial charge is 0.465 e. The Morgan fingerprint density at radius 2 is 1.43 bits per heavy atom. The van der Waals surface area contributed by atoms with E-state index in [-0.39, 0.29) is 16.8 Å². The van der Waals surface area contributed by atoms with E-state index in [0.717, 1.165) is 25.7 Å². The average molecular weight is 394 g/mol. The third kappa shape index (κ3) is 4.74. The van der Waals surface area contributed by atoms with Crippen molar-refractivity contribution in [3.63, 3.8) is 0 Å². The van der Waals surface area contributed by atoms with Gasteiger partial charge in [0.15, 0.2) is 0 Å². The molecule has 28 heavy (non-hydrogen) atoms. The highest BCUT2D eigenvalue weighted by Crippen LogP contribution is 2.64. The van der Waals surface area contributed by atoms with Crippen LogP contribution in [0.25, 0.3) is 0 Å². The van der Waals surface area contributed by atoms with Gasteiger partial charge in [0.05, 0.1) is 23.5 Å². The summed E-state index contributed by atoms with van der Waals surface area (Å²) in [5.41, 5.74) is -2.64. The van der Waals surface area contributed by atoms with E-state index < -0.39 is 16.2 Å². The van der Waals surface area contributed by atoms with Crippen LogP contribution in [-0.2, 0) is 9.53 Å². The van der Waals surface area contributed by atoms with Gasteiger partial charge in [-0.2, -0.15) is 5.26 Å². The van der Waals surface area contributed by atoms with Gasteiger partial charge in [0.25, 0.3) is 0 Å². The predicted molar refractivity (Wildman–Crippen MR) is 119 cm³/mol.